The van der Waals surface area contributed by atoms with Crippen LogP contribution in [0.4, 0.5) is 0 Å². The standard InChI is InChI=1S/C15H30NO2/c1-7-14(17)18-13-12-15(6,8-2)16(9-3,10-4)11-5/h7H,1,8-13H2,2-6H3/q+1. The van der Waals surface area contributed by atoms with Crippen LogP contribution in [-0.4, -0.2) is 42.2 Å². The second-order valence-corrected chi connectivity index (χ2v) is 5.07. The van der Waals surface area contributed by atoms with Crippen molar-refractivity contribution < 1.29 is 14.0 Å². The molecule has 0 radical (unpaired) electrons. The molecule has 3 nitrogen and oxygen atoms in total. The van der Waals surface area contributed by atoms with Crippen molar-refractivity contribution in [2.24, 2.45) is 0 Å². The molecule has 0 spiro atoms. The Labute approximate surface area is 112 Å². The molecule has 0 aliphatic heterocycles. The van der Waals surface area contributed by atoms with Gasteiger partial charge in [0.15, 0.2) is 0 Å². The molecule has 3 heteroatoms. The van der Waals surface area contributed by atoms with E-state index >= 15 is 0 Å². The Kier molecular flexibility index (Phi) is 7.22. The highest BCUT2D eigenvalue weighted by molar-refractivity contribution is 5.81. The minimum Gasteiger partial charge on any atom is -0.462 e. The van der Waals surface area contributed by atoms with Crippen LogP contribution in [0.25, 0.3) is 0 Å². The van der Waals surface area contributed by atoms with Crippen molar-refractivity contribution in [3.63, 3.8) is 0 Å². The lowest BCUT2D eigenvalue weighted by Crippen LogP contribution is -2.63. The second-order valence-electron chi connectivity index (χ2n) is 5.07. The fourth-order valence-corrected chi connectivity index (χ4v) is 3.00. The molecule has 0 aromatic heterocycles. The van der Waals surface area contributed by atoms with Gasteiger partial charge in [0.05, 0.1) is 31.8 Å². The average Bonchev–Trinajstić information content (AvgIpc) is 2.40. The highest BCUT2D eigenvalue weighted by atomic mass is 16.5. The van der Waals surface area contributed by atoms with Crippen molar-refractivity contribution in [1.82, 2.24) is 0 Å². The number of carbonyl (C=O) groups is 1. The van der Waals surface area contributed by atoms with E-state index in [0.717, 1.165) is 37.0 Å². The molecule has 0 aliphatic rings. The summed E-state index contributed by atoms with van der Waals surface area (Å²) in [5.74, 6) is -0.323. The zero-order chi connectivity index (χ0) is 14.2. The molecule has 0 N–H and O–H groups in total. The summed E-state index contributed by atoms with van der Waals surface area (Å²) in [6.45, 7) is 18.5. The first-order valence-corrected chi connectivity index (χ1v) is 7.10. The van der Waals surface area contributed by atoms with Gasteiger partial charge >= 0.3 is 5.97 Å². The third-order valence-corrected chi connectivity index (χ3v) is 4.77. The van der Waals surface area contributed by atoms with Crippen molar-refractivity contribution in [1.29, 1.82) is 0 Å². The second kappa shape index (κ2) is 7.57. The maximum absolute atomic E-state index is 11.1. The lowest BCUT2D eigenvalue weighted by molar-refractivity contribution is -0.971. The summed E-state index contributed by atoms with van der Waals surface area (Å²) in [6.07, 6.45) is 3.22. The van der Waals surface area contributed by atoms with E-state index in [4.69, 9.17) is 4.74 Å². The highest BCUT2D eigenvalue weighted by Gasteiger charge is 2.42. The minimum absolute atomic E-state index is 0.166. The van der Waals surface area contributed by atoms with Crippen LogP contribution in [0.1, 0.15) is 47.5 Å². The molecule has 1 atom stereocenters. The summed E-state index contributed by atoms with van der Waals surface area (Å²) in [4.78, 5) is 11.1. The molecule has 0 bridgehead atoms. The number of carbonyl (C=O) groups excluding carboxylic acids is 1. The van der Waals surface area contributed by atoms with E-state index < -0.39 is 0 Å². The Hall–Kier alpha value is -0.830. The number of ether oxygens (including phenoxy) is 1. The summed E-state index contributed by atoms with van der Waals surface area (Å²) in [7, 11) is 0. The molecule has 0 aromatic carbocycles. The molecular formula is C15H30NO2+. The Morgan fingerprint density at radius 2 is 1.72 bits per heavy atom. The van der Waals surface area contributed by atoms with Crippen LogP contribution in [0.3, 0.4) is 0 Å². The van der Waals surface area contributed by atoms with Crippen LogP contribution >= 0.6 is 0 Å². The quantitative estimate of drug-likeness (QED) is 0.360. The topological polar surface area (TPSA) is 26.3 Å². The molecule has 106 valence electrons. The molecular weight excluding hydrogens is 226 g/mol. The first kappa shape index (κ1) is 17.2. The molecule has 0 saturated heterocycles. The van der Waals surface area contributed by atoms with Gasteiger partial charge in [0.25, 0.3) is 0 Å². The van der Waals surface area contributed by atoms with Gasteiger partial charge in [-0.25, -0.2) is 4.79 Å². The number of rotatable bonds is 9. The van der Waals surface area contributed by atoms with E-state index in [1.165, 1.54) is 6.08 Å². The van der Waals surface area contributed by atoms with E-state index in [1.807, 2.05) is 0 Å². The van der Waals surface area contributed by atoms with Crippen LogP contribution in [0, 0.1) is 0 Å². The summed E-state index contributed by atoms with van der Waals surface area (Å²) in [6, 6.07) is 0. The molecule has 0 rings (SSSR count). The zero-order valence-corrected chi connectivity index (χ0v) is 12.8. The number of hydrogen-bond donors (Lipinski definition) is 0. The maximum Gasteiger partial charge on any atom is 0.330 e. The summed E-state index contributed by atoms with van der Waals surface area (Å²) < 4.78 is 6.23. The van der Waals surface area contributed by atoms with Crippen LogP contribution in [0.2, 0.25) is 0 Å². The lowest BCUT2D eigenvalue weighted by Gasteiger charge is -2.50. The Morgan fingerprint density at radius 1 is 1.22 bits per heavy atom. The van der Waals surface area contributed by atoms with Crippen LogP contribution < -0.4 is 0 Å². The van der Waals surface area contributed by atoms with Gasteiger partial charge in [0.1, 0.15) is 0 Å². The number of esters is 1. The molecule has 0 aliphatic carbocycles. The fraction of sp³-hybridized carbons (Fsp3) is 0.800. The van der Waals surface area contributed by atoms with Crippen LogP contribution in [-0.2, 0) is 9.53 Å². The molecule has 0 aromatic rings. The van der Waals surface area contributed by atoms with Crippen molar-refractivity contribution >= 4 is 5.97 Å². The molecule has 0 saturated carbocycles. The molecule has 18 heavy (non-hydrogen) atoms. The first-order valence-electron chi connectivity index (χ1n) is 7.10. The third-order valence-electron chi connectivity index (χ3n) is 4.77. The Morgan fingerprint density at radius 3 is 2.06 bits per heavy atom. The number of nitrogens with zero attached hydrogens (tertiary/aromatic N) is 1. The van der Waals surface area contributed by atoms with Gasteiger partial charge < -0.3 is 9.22 Å². The van der Waals surface area contributed by atoms with Crippen molar-refractivity contribution in [2.45, 2.75) is 53.0 Å². The van der Waals surface area contributed by atoms with E-state index in [1.54, 1.807) is 0 Å². The van der Waals surface area contributed by atoms with Gasteiger partial charge in [-0.05, 0) is 34.1 Å². The third kappa shape index (κ3) is 3.58. The largest absolute Gasteiger partial charge is 0.462 e. The maximum atomic E-state index is 11.1. The predicted molar refractivity (Wildman–Crippen MR) is 76.4 cm³/mol. The molecule has 0 heterocycles. The Bertz CT molecular complexity index is 263. The van der Waals surface area contributed by atoms with E-state index in [2.05, 4.69) is 41.2 Å². The van der Waals surface area contributed by atoms with Gasteiger partial charge in [-0.3, -0.25) is 0 Å². The van der Waals surface area contributed by atoms with E-state index in [0.29, 0.717) is 6.61 Å². The predicted octanol–water partition coefficient (Wildman–Crippen LogP) is 3.15. The summed E-state index contributed by atoms with van der Waals surface area (Å²) >= 11 is 0. The van der Waals surface area contributed by atoms with Crippen LogP contribution in [0.5, 0.6) is 0 Å². The molecule has 0 fully saturated rings. The highest BCUT2D eigenvalue weighted by Crippen LogP contribution is 2.31. The zero-order valence-electron chi connectivity index (χ0n) is 12.8. The number of quaternary nitrogens is 1. The van der Waals surface area contributed by atoms with Gasteiger partial charge in [-0.15, -0.1) is 0 Å². The van der Waals surface area contributed by atoms with Gasteiger partial charge in [0.2, 0.25) is 0 Å². The Balaban J connectivity index is 4.76. The minimum atomic E-state index is -0.323. The van der Waals surface area contributed by atoms with Gasteiger partial charge in [-0.1, -0.05) is 13.5 Å². The molecule has 1 unspecified atom stereocenters. The SMILES string of the molecule is C=CC(=O)OCCC(C)(CC)[N+](CC)(CC)CC. The monoisotopic (exact) mass is 256 g/mol. The van der Waals surface area contributed by atoms with Crippen LogP contribution in [0.15, 0.2) is 12.7 Å². The lowest BCUT2D eigenvalue weighted by atomic mass is 9.89. The van der Waals surface area contributed by atoms with E-state index in [-0.39, 0.29) is 11.5 Å². The van der Waals surface area contributed by atoms with Gasteiger partial charge in [0, 0.05) is 12.5 Å². The summed E-state index contributed by atoms with van der Waals surface area (Å²) in [5.41, 5.74) is 0.166. The average molecular weight is 256 g/mol. The first-order chi connectivity index (χ1) is 8.45. The number of hydrogen-bond acceptors (Lipinski definition) is 2. The van der Waals surface area contributed by atoms with Gasteiger partial charge in [-0.2, -0.15) is 0 Å². The normalized spacial score (nSPS) is 14.9. The van der Waals surface area contributed by atoms with Crippen molar-refractivity contribution in [3.05, 3.63) is 12.7 Å². The van der Waals surface area contributed by atoms with Crippen molar-refractivity contribution in [2.75, 3.05) is 26.2 Å². The molecule has 0 amide bonds. The van der Waals surface area contributed by atoms with Crippen molar-refractivity contribution in [3.8, 4) is 0 Å². The summed E-state index contributed by atoms with van der Waals surface area (Å²) in [5, 5.41) is 0. The van der Waals surface area contributed by atoms with E-state index in [9.17, 15) is 4.79 Å². The smallest absolute Gasteiger partial charge is 0.330 e. The fourth-order valence-electron chi connectivity index (χ4n) is 3.00.